The van der Waals surface area contributed by atoms with Gasteiger partial charge in [-0.25, -0.2) is 18.4 Å². The van der Waals surface area contributed by atoms with Crippen LogP contribution in [0.1, 0.15) is 30.5 Å². The molecule has 0 aliphatic carbocycles. The predicted molar refractivity (Wildman–Crippen MR) is 88.6 cm³/mol. The molecule has 2 aromatic rings. The van der Waals surface area contributed by atoms with Gasteiger partial charge in [0.25, 0.3) is 0 Å². The molecule has 152 valence electrons. The van der Waals surface area contributed by atoms with Crippen molar-refractivity contribution in [1.29, 1.82) is 0 Å². The van der Waals surface area contributed by atoms with Gasteiger partial charge in [-0.15, -0.1) is 0 Å². The van der Waals surface area contributed by atoms with Gasteiger partial charge in [0.05, 0.1) is 22.9 Å². The number of hydrogen-bond acceptors (Lipinski definition) is 4. The largest absolute Gasteiger partial charge is 0.433 e. The topological polar surface area (TPSA) is 63.8 Å². The normalized spacial score (nSPS) is 18.9. The molecule has 12 heteroatoms. The summed E-state index contributed by atoms with van der Waals surface area (Å²) in [4.78, 5) is 7.32. The Morgan fingerprint density at radius 3 is 2.43 bits per heavy atom. The smallest absolute Gasteiger partial charge is 0.307 e. The molecule has 0 saturated carbocycles. The van der Waals surface area contributed by atoms with Crippen LogP contribution in [0.3, 0.4) is 0 Å². The molecule has 0 saturated heterocycles. The van der Waals surface area contributed by atoms with Crippen molar-refractivity contribution >= 4 is 20.5 Å². The molecule has 0 amide bonds. The Kier molecular flexibility index (Phi) is 4.80. The van der Waals surface area contributed by atoms with Crippen LogP contribution >= 0.6 is 0 Å². The quantitative estimate of drug-likeness (QED) is 0.680. The van der Waals surface area contributed by atoms with Crippen LogP contribution in [0.15, 0.2) is 41.3 Å². The molecule has 0 fully saturated rings. The number of fused-ring (bicyclic) bond motifs is 1. The maximum absolute atomic E-state index is 13.0. The van der Waals surface area contributed by atoms with Gasteiger partial charge in [-0.05, 0) is 18.6 Å². The van der Waals surface area contributed by atoms with Crippen molar-refractivity contribution in [3.63, 3.8) is 0 Å². The molecule has 5 nitrogen and oxygen atoms in total. The lowest BCUT2D eigenvalue weighted by Gasteiger charge is -2.21. The zero-order chi connectivity index (χ0) is 20.9. The van der Waals surface area contributed by atoms with Gasteiger partial charge in [0.2, 0.25) is 0 Å². The van der Waals surface area contributed by atoms with Gasteiger partial charge in [0.1, 0.15) is 16.4 Å². The van der Waals surface area contributed by atoms with E-state index >= 15 is 0 Å². The third-order valence-electron chi connectivity index (χ3n) is 4.23. The highest BCUT2D eigenvalue weighted by molar-refractivity contribution is 8.06. The lowest BCUT2D eigenvalue weighted by molar-refractivity contribution is -0.137. The Balaban J connectivity index is 2.09. The van der Waals surface area contributed by atoms with E-state index in [-0.39, 0.29) is 17.8 Å². The second-order valence-electron chi connectivity index (χ2n) is 6.07. The summed E-state index contributed by atoms with van der Waals surface area (Å²) in [5.74, 6) is -1.59. The van der Waals surface area contributed by atoms with E-state index in [0.717, 1.165) is 24.4 Å². The molecule has 3 rings (SSSR count). The molecule has 0 bridgehead atoms. The van der Waals surface area contributed by atoms with E-state index in [1.807, 2.05) is 0 Å². The van der Waals surface area contributed by atoms with Crippen molar-refractivity contribution in [3.8, 4) is 0 Å². The summed E-state index contributed by atoms with van der Waals surface area (Å²) in [5, 5.41) is -0.690. The fourth-order valence-electron chi connectivity index (χ4n) is 2.78. The van der Waals surface area contributed by atoms with Crippen molar-refractivity contribution in [2.24, 2.45) is 4.99 Å². The Hall–Kier alpha value is -2.37. The van der Waals surface area contributed by atoms with Crippen molar-refractivity contribution < 1.29 is 34.8 Å². The predicted octanol–water partition coefficient (Wildman–Crippen LogP) is 4.12. The molecule has 0 aromatic carbocycles. The first-order valence-corrected chi connectivity index (χ1v) is 9.62. The third-order valence-corrected chi connectivity index (χ3v) is 6.00. The van der Waals surface area contributed by atoms with Crippen LogP contribution in [-0.4, -0.2) is 34.8 Å². The molecule has 1 aliphatic heterocycles. The minimum absolute atomic E-state index is 0.0209. The number of aliphatic imine (C=N–C) groups is 1. The number of halogens is 6. The monoisotopic (exact) mass is 425 g/mol. The minimum atomic E-state index is -4.82. The summed E-state index contributed by atoms with van der Waals surface area (Å²) in [7, 11) is -4.10. The number of rotatable bonds is 2. The third kappa shape index (κ3) is 3.77. The van der Waals surface area contributed by atoms with Crippen LogP contribution in [0.4, 0.5) is 26.3 Å². The van der Waals surface area contributed by atoms with E-state index < -0.39 is 50.2 Å². The average Bonchev–Trinajstić information content (AvgIpc) is 3.02. The molecule has 2 aromatic heterocycles. The van der Waals surface area contributed by atoms with E-state index in [4.69, 9.17) is 0 Å². The maximum atomic E-state index is 13.0. The van der Waals surface area contributed by atoms with Gasteiger partial charge in [-0.1, -0.05) is 13.0 Å². The zero-order valence-electron chi connectivity index (χ0n) is 14.2. The summed E-state index contributed by atoms with van der Waals surface area (Å²) < 4.78 is 103. The molecule has 1 atom stereocenters. The standard InChI is InChI=1S/C16H13F6N3O2S/c1-2-28(26,27)14-10(3-4-12(24-14)16(20,21)22)11-8-25-6-5-9(15(17,18)19)7-13(25)23-11/h4-8,10H,2-3H2,1H3. The van der Waals surface area contributed by atoms with Gasteiger partial charge >= 0.3 is 12.4 Å². The Morgan fingerprint density at radius 1 is 1.18 bits per heavy atom. The van der Waals surface area contributed by atoms with Gasteiger partial charge in [0.15, 0.2) is 9.84 Å². The first-order valence-electron chi connectivity index (χ1n) is 7.97. The zero-order valence-corrected chi connectivity index (χ0v) is 15.0. The first kappa shape index (κ1) is 20.4. The number of nitrogens with zero attached hydrogens (tertiary/aromatic N) is 3. The Morgan fingerprint density at radius 2 is 1.86 bits per heavy atom. The average molecular weight is 425 g/mol. The van der Waals surface area contributed by atoms with Crippen molar-refractivity contribution in [1.82, 2.24) is 9.38 Å². The SMILES string of the molecule is CCS(=O)(=O)C1=NC(C(F)(F)F)=CCC1c1cn2ccc(C(F)(F)F)cc2n1. The highest BCUT2D eigenvalue weighted by Crippen LogP contribution is 2.36. The number of imidazole rings is 1. The molecule has 1 aliphatic rings. The highest BCUT2D eigenvalue weighted by atomic mass is 32.2. The van der Waals surface area contributed by atoms with E-state index in [1.54, 1.807) is 0 Å². The van der Waals surface area contributed by atoms with E-state index in [9.17, 15) is 34.8 Å². The van der Waals surface area contributed by atoms with E-state index in [0.29, 0.717) is 0 Å². The number of sulfone groups is 1. The van der Waals surface area contributed by atoms with Crippen molar-refractivity contribution in [2.75, 3.05) is 5.75 Å². The molecular formula is C16H13F6N3O2S. The maximum Gasteiger partial charge on any atom is 0.433 e. The molecular weight excluding hydrogens is 412 g/mol. The molecule has 28 heavy (non-hydrogen) atoms. The van der Waals surface area contributed by atoms with Crippen LogP contribution in [0, 0.1) is 0 Å². The fraction of sp³-hybridized carbons (Fsp3) is 0.375. The van der Waals surface area contributed by atoms with Gasteiger partial charge in [-0.3, -0.25) is 0 Å². The molecule has 0 spiro atoms. The van der Waals surface area contributed by atoms with Crippen LogP contribution in [0.5, 0.6) is 0 Å². The molecule has 3 heterocycles. The van der Waals surface area contributed by atoms with Crippen LogP contribution in [-0.2, 0) is 16.0 Å². The summed E-state index contributed by atoms with van der Waals surface area (Å²) in [5.41, 5.74) is -2.36. The molecule has 1 unspecified atom stereocenters. The minimum Gasteiger partial charge on any atom is -0.307 e. The summed E-state index contributed by atoms with van der Waals surface area (Å²) in [6, 6.07) is 1.59. The number of aromatic nitrogens is 2. The Bertz CT molecular complexity index is 1080. The number of pyridine rings is 1. The fourth-order valence-corrected chi connectivity index (χ4v) is 3.96. The van der Waals surface area contributed by atoms with E-state index in [1.165, 1.54) is 17.5 Å². The van der Waals surface area contributed by atoms with Crippen molar-refractivity contribution in [3.05, 3.63) is 47.6 Å². The van der Waals surface area contributed by atoms with Gasteiger partial charge < -0.3 is 4.40 Å². The summed E-state index contributed by atoms with van der Waals surface area (Å²) in [6.45, 7) is 1.26. The Labute approximate surface area is 155 Å². The summed E-state index contributed by atoms with van der Waals surface area (Å²) in [6.07, 6.45) is -6.62. The van der Waals surface area contributed by atoms with Crippen LogP contribution < -0.4 is 0 Å². The van der Waals surface area contributed by atoms with Crippen LogP contribution in [0.2, 0.25) is 0 Å². The second kappa shape index (κ2) is 6.61. The molecule has 0 N–H and O–H groups in total. The number of hydrogen-bond donors (Lipinski definition) is 0. The summed E-state index contributed by atoms with van der Waals surface area (Å²) >= 11 is 0. The van der Waals surface area contributed by atoms with Crippen LogP contribution in [0.25, 0.3) is 5.65 Å². The highest BCUT2D eigenvalue weighted by Gasteiger charge is 2.40. The van der Waals surface area contributed by atoms with Gasteiger partial charge in [-0.2, -0.15) is 26.3 Å². The first-order chi connectivity index (χ1) is 12.8. The number of allylic oxidation sites excluding steroid dienone is 2. The number of alkyl halides is 6. The molecule has 0 radical (unpaired) electrons. The lowest BCUT2D eigenvalue weighted by Crippen LogP contribution is -2.29. The second-order valence-corrected chi connectivity index (χ2v) is 8.30. The van der Waals surface area contributed by atoms with Gasteiger partial charge in [0, 0.05) is 12.4 Å². The van der Waals surface area contributed by atoms with E-state index in [2.05, 4.69) is 9.98 Å². The lowest BCUT2D eigenvalue weighted by atomic mass is 10.0. The van der Waals surface area contributed by atoms with Crippen molar-refractivity contribution in [2.45, 2.75) is 31.6 Å².